The van der Waals surface area contributed by atoms with E-state index in [-0.39, 0.29) is 11.3 Å². The molecule has 0 aliphatic rings. The minimum absolute atomic E-state index is 0.0123. The number of furan rings is 1. The first-order chi connectivity index (χ1) is 7.13. The fraction of sp³-hybridized carbons (Fsp3) is 0.111. The molecule has 15 heavy (non-hydrogen) atoms. The summed E-state index contributed by atoms with van der Waals surface area (Å²) in [5, 5.41) is 9.43. The first-order valence-electron chi connectivity index (χ1n) is 3.99. The Bertz CT molecular complexity index is 534. The molecule has 2 heterocycles. The Morgan fingerprint density at radius 2 is 2.40 bits per heavy atom. The molecule has 2 aromatic rings. The van der Waals surface area contributed by atoms with Crippen LogP contribution in [0.25, 0.3) is 11.1 Å². The maximum atomic E-state index is 10.9. The smallest absolute Gasteiger partial charge is 0.341 e. The van der Waals surface area contributed by atoms with Crippen LogP contribution in [-0.2, 0) is 0 Å². The van der Waals surface area contributed by atoms with Crippen LogP contribution in [0.4, 0.5) is 0 Å². The van der Waals surface area contributed by atoms with Gasteiger partial charge in [-0.1, -0.05) is 0 Å². The molecule has 0 atom stereocenters. The molecule has 5 nitrogen and oxygen atoms in total. The average Bonchev–Trinajstić information content (AvgIpc) is 2.55. The predicted octanol–water partition coefficient (Wildman–Crippen LogP) is 2.30. The fourth-order valence-corrected chi connectivity index (χ4v) is 1.69. The van der Waals surface area contributed by atoms with Gasteiger partial charge < -0.3 is 14.3 Å². The molecule has 0 bridgehead atoms. The van der Waals surface area contributed by atoms with Crippen LogP contribution >= 0.6 is 15.9 Å². The van der Waals surface area contributed by atoms with E-state index >= 15 is 0 Å². The highest BCUT2D eigenvalue weighted by Gasteiger charge is 2.17. The monoisotopic (exact) mass is 271 g/mol. The van der Waals surface area contributed by atoms with Gasteiger partial charge in [-0.2, -0.15) is 0 Å². The number of hydrogen-bond acceptors (Lipinski definition) is 4. The number of aromatic nitrogens is 1. The summed E-state index contributed by atoms with van der Waals surface area (Å²) in [5.74, 6) is -0.833. The van der Waals surface area contributed by atoms with Gasteiger partial charge in [-0.15, -0.1) is 0 Å². The van der Waals surface area contributed by atoms with Crippen LogP contribution in [-0.4, -0.2) is 23.2 Å². The van der Waals surface area contributed by atoms with Gasteiger partial charge in [0, 0.05) is 12.3 Å². The molecule has 1 N–H and O–H groups in total. The quantitative estimate of drug-likeness (QED) is 0.908. The van der Waals surface area contributed by atoms with Crippen molar-refractivity contribution >= 4 is 33.0 Å². The summed E-state index contributed by atoms with van der Waals surface area (Å²) in [6, 6.07) is 1.62. The molecule has 0 aliphatic heterocycles. The van der Waals surface area contributed by atoms with E-state index in [0.717, 1.165) is 0 Å². The van der Waals surface area contributed by atoms with Crippen LogP contribution in [0, 0.1) is 0 Å². The van der Waals surface area contributed by atoms with Crippen LogP contribution in [0.2, 0.25) is 0 Å². The Hall–Kier alpha value is -1.56. The number of pyridine rings is 1. The molecule has 2 aromatic heterocycles. The van der Waals surface area contributed by atoms with Crippen molar-refractivity contribution in [1.29, 1.82) is 0 Å². The van der Waals surface area contributed by atoms with Gasteiger partial charge in [0.2, 0.25) is 5.71 Å². The van der Waals surface area contributed by atoms with E-state index in [1.807, 2.05) is 0 Å². The standard InChI is InChI=1S/C9H6BrNO4/c1-14-7-4-2-6(10)15-8(4)11-3-5(7)9(12)13/h2-3H,1H3,(H,12,13). The Labute approximate surface area is 92.8 Å². The fourth-order valence-electron chi connectivity index (χ4n) is 1.31. The molecule has 2 rings (SSSR count). The molecule has 78 valence electrons. The SMILES string of the molecule is COc1c(C(=O)O)cnc2oc(Br)cc12. The van der Waals surface area contributed by atoms with E-state index in [0.29, 0.717) is 15.8 Å². The number of fused-ring (bicyclic) bond motifs is 1. The van der Waals surface area contributed by atoms with Gasteiger partial charge >= 0.3 is 5.97 Å². The summed E-state index contributed by atoms with van der Waals surface area (Å²) in [5.41, 5.74) is 0.349. The van der Waals surface area contributed by atoms with Gasteiger partial charge in [0.1, 0.15) is 11.3 Å². The van der Waals surface area contributed by atoms with E-state index in [2.05, 4.69) is 20.9 Å². The van der Waals surface area contributed by atoms with Crippen molar-refractivity contribution in [3.8, 4) is 5.75 Å². The minimum atomic E-state index is -1.08. The second kappa shape index (κ2) is 3.54. The van der Waals surface area contributed by atoms with Crippen molar-refractivity contribution in [2.75, 3.05) is 7.11 Å². The molecule has 0 spiro atoms. The van der Waals surface area contributed by atoms with E-state index in [1.54, 1.807) is 6.07 Å². The number of rotatable bonds is 2. The van der Waals surface area contributed by atoms with Crippen molar-refractivity contribution in [2.45, 2.75) is 0 Å². The lowest BCUT2D eigenvalue weighted by Crippen LogP contribution is -2.01. The first kappa shape index (κ1) is 9.97. The molecule has 0 aromatic carbocycles. The maximum absolute atomic E-state index is 10.9. The summed E-state index contributed by atoms with van der Waals surface area (Å²) in [7, 11) is 1.40. The molecule has 0 aliphatic carbocycles. The number of carbonyl (C=O) groups is 1. The van der Waals surface area contributed by atoms with Crippen LogP contribution in [0.3, 0.4) is 0 Å². The first-order valence-corrected chi connectivity index (χ1v) is 4.78. The van der Waals surface area contributed by atoms with Crippen molar-refractivity contribution in [3.05, 3.63) is 22.5 Å². The third-order valence-electron chi connectivity index (χ3n) is 1.92. The third-order valence-corrected chi connectivity index (χ3v) is 2.31. The normalized spacial score (nSPS) is 10.5. The van der Waals surface area contributed by atoms with Gasteiger partial charge in [0.25, 0.3) is 0 Å². The zero-order chi connectivity index (χ0) is 11.0. The highest BCUT2D eigenvalue weighted by atomic mass is 79.9. The van der Waals surface area contributed by atoms with Gasteiger partial charge in [0.15, 0.2) is 4.67 Å². The maximum Gasteiger partial charge on any atom is 0.341 e. The van der Waals surface area contributed by atoms with E-state index < -0.39 is 5.97 Å². The zero-order valence-electron chi connectivity index (χ0n) is 7.65. The largest absolute Gasteiger partial charge is 0.495 e. The molecular weight excluding hydrogens is 266 g/mol. The summed E-state index contributed by atoms with van der Waals surface area (Å²) >= 11 is 3.14. The number of hydrogen-bond donors (Lipinski definition) is 1. The van der Waals surface area contributed by atoms with E-state index in [4.69, 9.17) is 14.3 Å². The Morgan fingerprint density at radius 3 is 3.00 bits per heavy atom. The van der Waals surface area contributed by atoms with E-state index in [9.17, 15) is 4.79 Å². The number of aromatic carboxylic acids is 1. The Kier molecular flexibility index (Phi) is 2.36. The van der Waals surface area contributed by atoms with Crippen molar-refractivity contribution < 1.29 is 19.1 Å². The number of halogens is 1. The summed E-state index contributed by atoms with van der Waals surface area (Å²) < 4.78 is 10.7. The molecule has 0 unspecified atom stereocenters. The van der Waals surface area contributed by atoms with Crippen molar-refractivity contribution in [2.24, 2.45) is 0 Å². The van der Waals surface area contributed by atoms with Crippen LogP contribution in [0.15, 0.2) is 21.3 Å². The molecular formula is C9H6BrNO4. The number of methoxy groups -OCH3 is 1. The molecule has 0 radical (unpaired) electrons. The highest BCUT2D eigenvalue weighted by Crippen LogP contribution is 2.32. The van der Waals surface area contributed by atoms with Gasteiger partial charge in [-0.05, 0) is 15.9 Å². The number of carboxylic acid groups (broad SMARTS) is 1. The number of nitrogens with zero attached hydrogens (tertiary/aromatic N) is 1. The zero-order valence-corrected chi connectivity index (χ0v) is 9.24. The van der Waals surface area contributed by atoms with E-state index in [1.165, 1.54) is 13.3 Å². The molecule has 0 saturated heterocycles. The Morgan fingerprint density at radius 1 is 1.67 bits per heavy atom. The highest BCUT2D eigenvalue weighted by molar-refractivity contribution is 9.10. The second-order valence-electron chi connectivity index (χ2n) is 2.78. The van der Waals surface area contributed by atoms with Gasteiger partial charge in [0.05, 0.1) is 12.5 Å². The van der Waals surface area contributed by atoms with Crippen molar-refractivity contribution in [3.63, 3.8) is 0 Å². The minimum Gasteiger partial charge on any atom is -0.495 e. The molecule has 0 amide bonds. The lowest BCUT2D eigenvalue weighted by molar-refractivity contribution is 0.0693. The summed E-state index contributed by atoms with van der Waals surface area (Å²) in [6.07, 6.45) is 1.21. The Balaban J connectivity index is 2.80. The average molecular weight is 272 g/mol. The van der Waals surface area contributed by atoms with Crippen LogP contribution in [0.5, 0.6) is 5.75 Å². The predicted molar refractivity (Wildman–Crippen MR) is 55.2 cm³/mol. The summed E-state index contributed by atoms with van der Waals surface area (Å²) in [4.78, 5) is 14.7. The summed E-state index contributed by atoms with van der Waals surface area (Å²) in [6.45, 7) is 0. The van der Waals surface area contributed by atoms with Gasteiger partial charge in [-0.25, -0.2) is 9.78 Å². The van der Waals surface area contributed by atoms with Crippen LogP contribution in [0.1, 0.15) is 10.4 Å². The molecule has 0 saturated carbocycles. The third kappa shape index (κ3) is 1.56. The molecule has 0 fully saturated rings. The number of ether oxygens (including phenoxy) is 1. The number of carboxylic acids is 1. The van der Waals surface area contributed by atoms with Crippen LogP contribution < -0.4 is 4.74 Å². The van der Waals surface area contributed by atoms with Crippen molar-refractivity contribution in [1.82, 2.24) is 4.98 Å². The van der Waals surface area contributed by atoms with Gasteiger partial charge in [-0.3, -0.25) is 0 Å². The lowest BCUT2D eigenvalue weighted by Gasteiger charge is -2.03. The topological polar surface area (TPSA) is 72.6 Å². The lowest BCUT2D eigenvalue weighted by atomic mass is 10.2. The molecule has 6 heteroatoms. The second-order valence-corrected chi connectivity index (χ2v) is 3.56.